The summed E-state index contributed by atoms with van der Waals surface area (Å²) in [5.74, 6) is 1.32. The molecule has 7 nitrogen and oxygen atoms in total. The highest BCUT2D eigenvalue weighted by Crippen LogP contribution is 2.27. The monoisotopic (exact) mass is 376 g/mol. The molecule has 28 heavy (non-hydrogen) atoms. The average molecular weight is 376 g/mol. The Morgan fingerprint density at radius 2 is 1.96 bits per heavy atom. The van der Waals surface area contributed by atoms with E-state index in [1.807, 2.05) is 56.4 Å². The standard InChI is InChI=1S/C21H20N4O3/c1-13-20(14(2)28-24-13)16-6-9-19-22-11-18(25(19)12-16)21(26)23-10-15-4-7-17(27-3)8-5-15/h4-9,11-12H,10H2,1-3H3,(H,23,26). The number of fused-ring (bicyclic) bond motifs is 1. The summed E-state index contributed by atoms with van der Waals surface area (Å²) < 4.78 is 12.2. The minimum absolute atomic E-state index is 0.195. The van der Waals surface area contributed by atoms with Crippen LogP contribution < -0.4 is 10.1 Å². The summed E-state index contributed by atoms with van der Waals surface area (Å²) in [6, 6.07) is 11.4. The van der Waals surface area contributed by atoms with Crippen molar-refractivity contribution in [2.45, 2.75) is 20.4 Å². The van der Waals surface area contributed by atoms with Crippen molar-refractivity contribution in [3.8, 4) is 16.9 Å². The molecule has 0 bridgehead atoms. The molecule has 0 aliphatic carbocycles. The molecule has 1 amide bonds. The summed E-state index contributed by atoms with van der Waals surface area (Å²) in [6.45, 7) is 4.18. The summed E-state index contributed by atoms with van der Waals surface area (Å²) in [4.78, 5) is 17.1. The van der Waals surface area contributed by atoms with Crippen LogP contribution in [0.15, 0.2) is 53.3 Å². The van der Waals surface area contributed by atoms with E-state index < -0.39 is 0 Å². The highest BCUT2D eigenvalue weighted by molar-refractivity contribution is 5.93. The minimum Gasteiger partial charge on any atom is -0.497 e. The molecule has 7 heteroatoms. The topological polar surface area (TPSA) is 81.7 Å². The van der Waals surface area contributed by atoms with Crippen molar-refractivity contribution >= 4 is 11.6 Å². The summed E-state index contributed by atoms with van der Waals surface area (Å²) in [7, 11) is 1.62. The van der Waals surface area contributed by atoms with Crippen LogP contribution in [-0.4, -0.2) is 27.6 Å². The highest BCUT2D eigenvalue weighted by atomic mass is 16.5. The third-order valence-electron chi connectivity index (χ3n) is 4.67. The number of aryl methyl sites for hydroxylation is 2. The van der Waals surface area contributed by atoms with Gasteiger partial charge in [0.25, 0.3) is 5.91 Å². The van der Waals surface area contributed by atoms with Gasteiger partial charge in [-0.05, 0) is 43.7 Å². The number of benzene rings is 1. The number of rotatable bonds is 5. The van der Waals surface area contributed by atoms with E-state index in [0.717, 1.165) is 33.9 Å². The fourth-order valence-corrected chi connectivity index (χ4v) is 3.21. The van der Waals surface area contributed by atoms with E-state index in [4.69, 9.17) is 9.26 Å². The van der Waals surface area contributed by atoms with Crippen molar-refractivity contribution < 1.29 is 14.1 Å². The molecule has 4 aromatic rings. The predicted molar refractivity (Wildman–Crippen MR) is 104 cm³/mol. The number of ether oxygens (including phenoxy) is 1. The van der Waals surface area contributed by atoms with E-state index in [1.165, 1.54) is 0 Å². The normalized spacial score (nSPS) is 11.0. The average Bonchev–Trinajstić information content (AvgIpc) is 3.28. The van der Waals surface area contributed by atoms with Crippen molar-refractivity contribution in [3.63, 3.8) is 0 Å². The van der Waals surface area contributed by atoms with Crippen molar-refractivity contribution in [3.05, 3.63) is 71.5 Å². The molecule has 1 aromatic carbocycles. The zero-order chi connectivity index (χ0) is 19.7. The lowest BCUT2D eigenvalue weighted by Crippen LogP contribution is -2.24. The molecule has 0 saturated carbocycles. The largest absolute Gasteiger partial charge is 0.497 e. The Kier molecular flexibility index (Phi) is 4.57. The number of imidazole rings is 1. The predicted octanol–water partition coefficient (Wildman–Crippen LogP) is 3.54. The van der Waals surface area contributed by atoms with Gasteiger partial charge in [0.2, 0.25) is 0 Å². The molecule has 0 unspecified atom stereocenters. The quantitative estimate of drug-likeness (QED) is 0.576. The molecule has 142 valence electrons. The smallest absolute Gasteiger partial charge is 0.270 e. The first kappa shape index (κ1) is 17.8. The van der Waals surface area contributed by atoms with E-state index in [9.17, 15) is 4.79 Å². The van der Waals surface area contributed by atoms with Crippen LogP contribution in [0.2, 0.25) is 0 Å². The zero-order valence-electron chi connectivity index (χ0n) is 15.9. The number of aromatic nitrogens is 3. The van der Waals surface area contributed by atoms with Crippen molar-refractivity contribution in [1.82, 2.24) is 19.9 Å². The third-order valence-corrected chi connectivity index (χ3v) is 4.67. The minimum atomic E-state index is -0.195. The second kappa shape index (κ2) is 7.19. The van der Waals surface area contributed by atoms with E-state index in [-0.39, 0.29) is 5.91 Å². The van der Waals surface area contributed by atoms with Crippen LogP contribution in [-0.2, 0) is 6.54 Å². The Balaban J connectivity index is 1.59. The van der Waals surface area contributed by atoms with Crippen LogP contribution in [0.25, 0.3) is 16.8 Å². The first-order chi connectivity index (χ1) is 13.6. The van der Waals surface area contributed by atoms with Gasteiger partial charge in [-0.1, -0.05) is 17.3 Å². The van der Waals surface area contributed by atoms with Gasteiger partial charge in [0, 0.05) is 23.9 Å². The Labute approximate surface area is 161 Å². The number of hydrogen-bond acceptors (Lipinski definition) is 5. The number of carbonyl (C=O) groups excluding carboxylic acids is 1. The lowest BCUT2D eigenvalue weighted by molar-refractivity contribution is 0.0945. The Morgan fingerprint density at radius 1 is 1.18 bits per heavy atom. The summed E-state index contributed by atoms with van der Waals surface area (Å²) in [6.07, 6.45) is 3.47. The first-order valence-corrected chi connectivity index (χ1v) is 8.88. The van der Waals surface area contributed by atoms with Crippen molar-refractivity contribution in [1.29, 1.82) is 0 Å². The molecular formula is C21H20N4O3. The molecule has 0 fully saturated rings. The van der Waals surface area contributed by atoms with Gasteiger partial charge < -0.3 is 14.6 Å². The van der Waals surface area contributed by atoms with Gasteiger partial charge in [-0.25, -0.2) is 4.98 Å². The van der Waals surface area contributed by atoms with Gasteiger partial charge in [0.15, 0.2) is 0 Å². The maximum atomic E-state index is 12.7. The van der Waals surface area contributed by atoms with E-state index in [0.29, 0.717) is 17.9 Å². The van der Waals surface area contributed by atoms with Crippen LogP contribution >= 0.6 is 0 Å². The lowest BCUT2D eigenvalue weighted by Gasteiger charge is -2.07. The number of nitrogens with one attached hydrogen (secondary N) is 1. The van der Waals surface area contributed by atoms with Crippen LogP contribution in [0, 0.1) is 13.8 Å². The van der Waals surface area contributed by atoms with Crippen LogP contribution in [0.5, 0.6) is 5.75 Å². The van der Waals surface area contributed by atoms with Gasteiger partial charge >= 0.3 is 0 Å². The molecule has 0 aliphatic heterocycles. The number of carbonyl (C=O) groups is 1. The van der Waals surface area contributed by atoms with Gasteiger partial charge in [0.1, 0.15) is 22.9 Å². The van der Waals surface area contributed by atoms with Crippen molar-refractivity contribution in [2.75, 3.05) is 7.11 Å². The molecule has 0 aliphatic rings. The Bertz CT molecular complexity index is 1120. The fraction of sp³-hybridized carbons (Fsp3) is 0.190. The molecule has 0 radical (unpaired) electrons. The molecule has 0 spiro atoms. The second-order valence-electron chi connectivity index (χ2n) is 6.52. The molecule has 3 heterocycles. The zero-order valence-corrected chi connectivity index (χ0v) is 15.9. The maximum absolute atomic E-state index is 12.7. The van der Waals surface area contributed by atoms with Crippen LogP contribution in [0.3, 0.4) is 0 Å². The number of nitrogens with zero attached hydrogens (tertiary/aromatic N) is 3. The van der Waals surface area contributed by atoms with Gasteiger partial charge in [0.05, 0.1) is 19.0 Å². The van der Waals surface area contributed by atoms with Gasteiger partial charge in [-0.3, -0.25) is 9.20 Å². The molecule has 0 saturated heterocycles. The molecule has 0 atom stereocenters. The third kappa shape index (κ3) is 3.22. The molecular weight excluding hydrogens is 356 g/mol. The summed E-state index contributed by atoms with van der Waals surface area (Å²) >= 11 is 0. The van der Waals surface area contributed by atoms with E-state index >= 15 is 0 Å². The van der Waals surface area contributed by atoms with Gasteiger partial charge in [-0.15, -0.1) is 0 Å². The number of hydrogen-bond donors (Lipinski definition) is 1. The van der Waals surface area contributed by atoms with Crippen molar-refractivity contribution in [2.24, 2.45) is 0 Å². The molecule has 4 rings (SSSR count). The Hall–Kier alpha value is -3.61. The van der Waals surface area contributed by atoms with E-state index in [2.05, 4.69) is 15.5 Å². The maximum Gasteiger partial charge on any atom is 0.270 e. The van der Waals surface area contributed by atoms with E-state index in [1.54, 1.807) is 17.7 Å². The van der Waals surface area contributed by atoms with Gasteiger partial charge in [-0.2, -0.15) is 0 Å². The second-order valence-corrected chi connectivity index (χ2v) is 6.52. The number of amides is 1. The summed E-state index contributed by atoms with van der Waals surface area (Å²) in [5, 5.41) is 6.94. The first-order valence-electron chi connectivity index (χ1n) is 8.88. The highest BCUT2D eigenvalue weighted by Gasteiger charge is 2.16. The Morgan fingerprint density at radius 3 is 2.64 bits per heavy atom. The SMILES string of the molecule is COc1ccc(CNC(=O)c2cnc3ccc(-c4c(C)noc4C)cn23)cc1. The lowest BCUT2D eigenvalue weighted by atomic mass is 10.1. The number of methoxy groups -OCH3 is 1. The van der Waals surface area contributed by atoms with Crippen LogP contribution in [0.4, 0.5) is 0 Å². The number of pyridine rings is 1. The summed E-state index contributed by atoms with van der Waals surface area (Å²) in [5.41, 5.74) is 4.82. The molecule has 3 aromatic heterocycles. The fourth-order valence-electron chi connectivity index (χ4n) is 3.21. The van der Waals surface area contributed by atoms with Crippen LogP contribution in [0.1, 0.15) is 27.5 Å². The molecule has 1 N–H and O–H groups in total.